The van der Waals surface area contributed by atoms with Crippen LogP contribution in [0.4, 0.5) is 0 Å². The number of nitrogens with zero attached hydrogens (tertiary/aromatic N) is 2. The molecule has 156 valence electrons. The van der Waals surface area contributed by atoms with Gasteiger partial charge < -0.3 is 14.9 Å². The molecule has 7 heteroatoms. The van der Waals surface area contributed by atoms with Crippen LogP contribution >= 0.6 is 24.8 Å². The van der Waals surface area contributed by atoms with Crippen LogP contribution in [-0.4, -0.2) is 78.6 Å². The fourth-order valence-corrected chi connectivity index (χ4v) is 3.25. The van der Waals surface area contributed by atoms with Gasteiger partial charge in [0.25, 0.3) is 0 Å². The van der Waals surface area contributed by atoms with Crippen LogP contribution in [0.25, 0.3) is 11.1 Å². The van der Waals surface area contributed by atoms with E-state index in [0.29, 0.717) is 13.2 Å². The monoisotopic (exact) mass is 428 g/mol. The van der Waals surface area contributed by atoms with Gasteiger partial charge in [-0.15, -0.1) is 24.8 Å². The molecule has 2 aromatic rings. The molecule has 3 rings (SSSR count). The number of β-amino-alcohol motifs (C(OH)–C–C–N with tert-alkyl or cyclic N) is 2. The zero-order valence-corrected chi connectivity index (χ0v) is 17.6. The third kappa shape index (κ3) is 7.59. The first kappa shape index (κ1) is 24.7. The van der Waals surface area contributed by atoms with Gasteiger partial charge >= 0.3 is 0 Å². The Morgan fingerprint density at radius 2 is 1.39 bits per heavy atom. The third-order valence-corrected chi connectivity index (χ3v) is 4.75. The summed E-state index contributed by atoms with van der Waals surface area (Å²) in [5.74, 6) is 0.775. The van der Waals surface area contributed by atoms with Crippen molar-refractivity contribution in [3.05, 3.63) is 54.6 Å². The number of benzene rings is 2. The normalized spacial score (nSPS) is 15.9. The van der Waals surface area contributed by atoms with Crippen LogP contribution in [0.3, 0.4) is 0 Å². The average molecular weight is 429 g/mol. The Morgan fingerprint density at radius 1 is 0.821 bits per heavy atom. The number of ether oxygens (including phenoxy) is 1. The second kappa shape index (κ2) is 13.0. The van der Waals surface area contributed by atoms with Gasteiger partial charge in [0.2, 0.25) is 0 Å². The molecule has 5 nitrogen and oxygen atoms in total. The summed E-state index contributed by atoms with van der Waals surface area (Å²) < 4.78 is 5.74. The lowest BCUT2D eigenvalue weighted by molar-refractivity contribution is 0.0428. The molecule has 28 heavy (non-hydrogen) atoms. The molecule has 0 radical (unpaired) electrons. The summed E-state index contributed by atoms with van der Waals surface area (Å²) in [6.07, 6.45) is -0.506. The number of aliphatic hydroxyl groups is 2. The maximum atomic E-state index is 10.2. The molecule has 1 atom stereocenters. The van der Waals surface area contributed by atoms with Gasteiger partial charge in [0, 0.05) is 39.3 Å². The Bertz CT molecular complexity index is 650. The minimum Gasteiger partial charge on any atom is -0.491 e. The molecule has 0 amide bonds. The number of piperazine rings is 1. The summed E-state index contributed by atoms with van der Waals surface area (Å²) in [5.41, 5.74) is 2.33. The number of halogens is 2. The van der Waals surface area contributed by atoms with Gasteiger partial charge in [-0.2, -0.15) is 0 Å². The summed E-state index contributed by atoms with van der Waals surface area (Å²) in [5, 5.41) is 19.2. The molecule has 0 aliphatic carbocycles. The zero-order valence-electron chi connectivity index (χ0n) is 15.9. The Labute approximate surface area is 179 Å². The highest BCUT2D eigenvalue weighted by atomic mass is 35.5. The van der Waals surface area contributed by atoms with Gasteiger partial charge in [-0.1, -0.05) is 42.5 Å². The third-order valence-electron chi connectivity index (χ3n) is 4.75. The first-order valence-electron chi connectivity index (χ1n) is 9.26. The zero-order chi connectivity index (χ0) is 18.2. The van der Waals surface area contributed by atoms with E-state index in [1.165, 1.54) is 5.56 Å². The first-order chi connectivity index (χ1) is 12.7. The highest BCUT2D eigenvalue weighted by Gasteiger charge is 2.19. The van der Waals surface area contributed by atoms with E-state index >= 15 is 0 Å². The molecule has 2 N–H and O–H groups in total. The van der Waals surface area contributed by atoms with Gasteiger partial charge in [-0.05, 0) is 23.3 Å². The summed E-state index contributed by atoms with van der Waals surface area (Å²) in [6.45, 7) is 5.57. The molecule has 1 aliphatic rings. The lowest BCUT2D eigenvalue weighted by Crippen LogP contribution is -2.49. The van der Waals surface area contributed by atoms with Crippen LogP contribution < -0.4 is 4.74 Å². The standard InChI is InChI=1S/C21H28N2O3.2ClH/c24-15-14-22-10-12-23(13-11-22)16-20(25)17-26-21-8-6-19(7-9-21)18-4-2-1-3-5-18;;/h1-9,20,24-25H,10-17H2;2*1H. The molecule has 0 bridgehead atoms. The van der Waals surface area contributed by atoms with Crippen LogP contribution in [0, 0.1) is 0 Å². The van der Waals surface area contributed by atoms with Crippen molar-refractivity contribution in [2.75, 3.05) is 52.5 Å². The van der Waals surface area contributed by atoms with Crippen LogP contribution in [0.15, 0.2) is 54.6 Å². The fraction of sp³-hybridized carbons (Fsp3) is 0.429. The highest BCUT2D eigenvalue weighted by Crippen LogP contribution is 2.22. The van der Waals surface area contributed by atoms with E-state index < -0.39 is 6.10 Å². The Kier molecular flexibility index (Phi) is 11.5. The molecule has 0 aromatic heterocycles. The van der Waals surface area contributed by atoms with E-state index in [4.69, 9.17) is 9.84 Å². The summed E-state index contributed by atoms with van der Waals surface area (Å²) in [4.78, 5) is 4.49. The number of aliphatic hydroxyl groups excluding tert-OH is 2. The molecule has 0 saturated carbocycles. The quantitative estimate of drug-likeness (QED) is 0.676. The molecule has 1 aliphatic heterocycles. The smallest absolute Gasteiger partial charge is 0.119 e. The Balaban J connectivity index is 0.00000196. The largest absolute Gasteiger partial charge is 0.491 e. The minimum absolute atomic E-state index is 0. The van der Waals surface area contributed by atoms with Crippen molar-refractivity contribution in [3.63, 3.8) is 0 Å². The fourth-order valence-electron chi connectivity index (χ4n) is 3.25. The lowest BCUT2D eigenvalue weighted by Gasteiger charge is -2.35. The predicted octanol–water partition coefficient (Wildman–Crippen LogP) is 2.55. The van der Waals surface area contributed by atoms with E-state index in [0.717, 1.165) is 44.0 Å². The molecule has 1 unspecified atom stereocenters. The van der Waals surface area contributed by atoms with Crippen molar-refractivity contribution in [1.82, 2.24) is 9.80 Å². The van der Waals surface area contributed by atoms with Crippen LogP contribution in [0.1, 0.15) is 0 Å². The van der Waals surface area contributed by atoms with E-state index in [1.54, 1.807) is 0 Å². The number of hydrogen-bond donors (Lipinski definition) is 2. The Morgan fingerprint density at radius 3 is 2.00 bits per heavy atom. The summed E-state index contributed by atoms with van der Waals surface area (Å²) in [7, 11) is 0. The second-order valence-corrected chi connectivity index (χ2v) is 6.72. The van der Waals surface area contributed by atoms with Gasteiger partial charge in [0.05, 0.1) is 6.61 Å². The van der Waals surface area contributed by atoms with E-state index in [9.17, 15) is 5.11 Å². The van der Waals surface area contributed by atoms with E-state index in [1.807, 2.05) is 42.5 Å². The van der Waals surface area contributed by atoms with E-state index in [2.05, 4.69) is 21.9 Å². The molecular formula is C21H30Cl2N2O3. The number of hydrogen-bond acceptors (Lipinski definition) is 5. The van der Waals surface area contributed by atoms with Crippen molar-refractivity contribution in [2.45, 2.75) is 6.10 Å². The molecule has 2 aromatic carbocycles. The Hall–Kier alpha value is -1.34. The van der Waals surface area contributed by atoms with Gasteiger partial charge in [-0.3, -0.25) is 9.80 Å². The van der Waals surface area contributed by atoms with Crippen molar-refractivity contribution < 1.29 is 14.9 Å². The molecular weight excluding hydrogens is 399 g/mol. The van der Waals surface area contributed by atoms with Crippen molar-refractivity contribution in [2.24, 2.45) is 0 Å². The van der Waals surface area contributed by atoms with Gasteiger partial charge in [0.1, 0.15) is 18.5 Å². The lowest BCUT2D eigenvalue weighted by atomic mass is 10.1. The van der Waals surface area contributed by atoms with Gasteiger partial charge in [0.15, 0.2) is 0 Å². The van der Waals surface area contributed by atoms with Crippen molar-refractivity contribution in [3.8, 4) is 16.9 Å². The molecule has 0 spiro atoms. The SMILES string of the molecule is Cl.Cl.OCCN1CCN(CC(O)COc2ccc(-c3ccccc3)cc2)CC1. The minimum atomic E-state index is -0.506. The molecule has 1 fully saturated rings. The molecule has 1 saturated heterocycles. The van der Waals surface area contributed by atoms with Crippen LogP contribution in [0.2, 0.25) is 0 Å². The van der Waals surface area contributed by atoms with Crippen LogP contribution in [-0.2, 0) is 0 Å². The summed E-state index contributed by atoms with van der Waals surface area (Å²) in [6, 6.07) is 18.2. The number of rotatable bonds is 8. The molecule has 1 heterocycles. The first-order valence-corrected chi connectivity index (χ1v) is 9.26. The predicted molar refractivity (Wildman–Crippen MR) is 118 cm³/mol. The van der Waals surface area contributed by atoms with E-state index in [-0.39, 0.29) is 31.4 Å². The van der Waals surface area contributed by atoms with Crippen molar-refractivity contribution >= 4 is 24.8 Å². The second-order valence-electron chi connectivity index (χ2n) is 6.72. The maximum absolute atomic E-state index is 10.2. The summed E-state index contributed by atoms with van der Waals surface area (Å²) >= 11 is 0. The topological polar surface area (TPSA) is 56.2 Å². The average Bonchev–Trinajstić information content (AvgIpc) is 2.69. The van der Waals surface area contributed by atoms with Crippen molar-refractivity contribution in [1.29, 1.82) is 0 Å². The van der Waals surface area contributed by atoms with Crippen LogP contribution in [0.5, 0.6) is 5.75 Å². The maximum Gasteiger partial charge on any atom is 0.119 e. The van der Waals surface area contributed by atoms with Gasteiger partial charge in [-0.25, -0.2) is 0 Å². The highest BCUT2D eigenvalue weighted by molar-refractivity contribution is 5.85.